The Morgan fingerprint density at radius 2 is 1.90 bits per heavy atom. The first-order valence-corrected chi connectivity index (χ1v) is 7.24. The molecular weight excluding hydrogens is 292 g/mol. The van der Waals surface area contributed by atoms with Crippen LogP contribution in [-0.4, -0.2) is 10.5 Å². The van der Waals surface area contributed by atoms with Crippen molar-refractivity contribution in [1.82, 2.24) is 4.57 Å². The van der Waals surface area contributed by atoms with Crippen LogP contribution in [0, 0.1) is 0 Å². The second kappa shape index (κ2) is 5.23. The highest BCUT2D eigenvalue weighted by Crippen LogP contribution is 2.24. The van der Waals surface area contributed by atoms with Gasteiger partial charge in [0.15, 0.2) is 4.80 Å². The van der Waals surface area contributed by atoms with E-state index < -0.39 is 0 Å². The zero-order chi connectivity index (χ0) is 14.1. The molecule has 0 aliphatic rings. The highest BCUT2D eigenvalue weighted by molar-refractivity contribution is 7.16. The maximum absolute atomic E-state index is 12.1. The number of carbonyl (C=O) groups is 1. The molecule has 1 aromatic heterocycles. The van der Waals surface area contributed by atoms with E-state index in [1.165, 1.54) is 11.3 Å². The largest absolute Gasteiger partial charge is 0.318 e. The summed E-state index contributed by atoms with van der Waals surface area (Å²) in [7, 11) is 1.86. The summed E-state index contributed by atoms with van der Waals surface area (Å²) in [5, 5.41) is 0.662. The topological polar surface area (TPSA) is 34.4 Å². The average Bonchev–Trinajstić information content (AvgIpc) is 2.78. The van der Waals surface area contributed by atoms with Crippen LogP contribution in [-0.2, 0) is 7.05 Å². The van der Waals surface area contributed by atoms with E-state index in [2.05, 4.69) is 4.99 Å². The quantitative estimate of drug-likeness (QED) is 0.676. The molecule has 0 N–H and O–H groups in total. The Morgan fingerprint density at radius 3 is 2.60 bits per heavy atom. The highest BCUT2D eigenvalue weighted by Gasteiger charge is 2.08. The van der Waals surface area contributed by atoms with Crippen LogP contribution in [0.15, 0.2) is 53.5 Å². The van der Waals surface area contributed by atoms with Crippen molar-refractivity contribution in [3.8, 4) is 0 Å². The third-order valence-electron chi connectivity index (χ3n) is 2.99. The molecule has 0 bridgehead atoms. The smallest absolute Gasteiger partial charge is 0.279 e. The molecule has 3 aromatic rings. The molecule has 0 radical (unpaired) electrons. The first-order chi connectivity index (χ1) is 9.66. The SMILES string of the molecule is Cn1c(=NC(=O)c2ccccc2)sc2cccc(Cl)c21. The van der Waals surface area contributed by atoms with Crippen molar-refractivity contribution < 1.29 is 4.79 Å². The lowest BCUT2D eigenvalue weighted by Gasteiger charge is -1.97. The van der Waals surface area contributed by atoms with Gasteiger partial charge in [-0.25, -0.2) is 0 Å². The number of fused-ring (bicyclic) bond motifs is 1. The highest BCUT2D eigenvalue weighted by atomic mass is 35.5. The summed E-state index contributed by atoms with van der Waals surface area (Å²) in [6, 6.07) is 14.7. The summed E-state index contributed by atoms with van der Waals surface area (Å²) in [5.74, 6) is -0.246. The van der Waals surface area contributed by atoms with Crippen molar-refractivity contribution in [1.29, 1.82) is 0 Å². The molecular formula is C15H11ClN2OS. The van der Waals surface area contributed by atoms with Crippen LogP contribution in [0.1, 0.15) is 10.4 Å². The molecule has 0 saturated heterocycles. The molecule has 20 heavy (non-hydrogen) atoms. The summed E-state index contributed by atoms with van der Waals surface area (Å²) in [4.78, 5) is 17.0. The number of benzene rings is 2. The predicted octanol–water partition coefficient (Wildman–Crippen LogP) is 3.63. The summed E-state index contributed by atoms with van der Waals surface area (Å²) in [6.45, 7) is 0. The molecule has 1 heterocycles. The number of para-hydroxylation sites is 1. The Balaban J connectivity index is 2.16. The zero-order valence-electron chi connectivity index (χ0n) is 10.7. The molecule has 3 rings (SSSR count). The second-order valence-electron chi connectivity index (χ2n) is 4.31. The minimum absolute atomic E-state index is 0.246. The normalized spacial score (nSPS) is 12.0. The Kier molecular flexibility index (Phi) is 3.42. The Morgan fingerprint density at radius 1 is 1.15 bits per heavy atom. The van der Waals surface area contributed by atoms with Gasteiger partial charge in [-0.05, 0) is 24.3 Å². The monoisotopic (exact) mass is 302 g/mol. The van der Waals surface area contributed by atoms with E-state index in [0.29, 0.717) is 15.4 Å². The fourth-order valence-corrected chi connectivity index (χ4v) is 3.40. The number of carbonyl (C=O) groups excluding carboxylic acids is 1. The number of nitrogens with zero attached hydrogens (tertiary/aromatic N) is 2. The molecule has 0 atom stereocenters. The van der Waals surface area contributed by atoms with Gasteiger partial charge in [-0.3, -0.25) is 4.79 Å². The van der Waals surface area contributed by atoms with Crippen LogP contribution in [0.25, 0.3) is 10.2 Å². The maximum atomic E-state index is 12.1. The molecule has 0 saturated carbocycles. The van der Waals surface area contributed by atoms with E-state index in [9.17, 15) is 4.79 Å². The van der Waals surface area contributed by atoms with Crippen LogP contribution >= 0.6 is 22.9 Å². The van der Waals surface area contributed by atoms with Gasteiger partial charge in [0.1, 0.15) is 0 Å². The molecule has 2 aromatic carbocycles. The summed E-state index contributed by atoms with van der Waals surface area (Å²) < 4.78 is 2.86. The van der Waals surface area contributed by atoms with Crippen molar-refractivity contribution in [3.63, 3.8) is 0 Å². The van der Waals surface area contributed by atoms with Gasteiger partial charge in [-0.2, -0.15) is 4.99 Å². The van der Waals surface area contributed by atoms with Crippen LogP contribution in [0.2, 0.25) is 5.02 Å². The number of aryl methyl sites for hydroxylation is 1. The Bertz CT molecular complexity index is 849. The van der Waals surface area contributed by atoms with Gasteiger partial charge >= 0.3 is 0 Å². The van der Waals surface area contributed by atoms with Crippen molar-refractivity contribution in [3.05, 3.63) is 63.9 Å². The first kappa shape index (κ1) is 13.1. The molecule has 3 nitrogen and oxygen atoms in total. The minimum Gasteiger partial charge on any atom is -0.318 e. The molecule has 0 spiro atoms. The predicted molar refractivity (Wildman–Crippen MR) is 82.1 cm³/mol. The number of rotatable bonds is 1. The van der Waals surface area contributed by atoms with E-state index >= 15 is 0 Å². The van der Waals surface area contributed by atoms with Gasteiger partial charge < -0.3 is 4.57 Å². The molecule has 1 amide bonds. The van der Waals surface area contributed by atoms with Crippen LogP contribution in [0.5, 0.6) is 0 Å². The lowest BCUT2D eigenvalue weighted by Crippen LogP contribution is -2.13. The number of halogens is 1. The maximum Gasteiger partial charge on any atom is 0.279 e. The number of hydrogen-bond donors (Lipinski definition) is 0. The molecule has 5 heteroatoms. The summed E-state index contributed by atoms with van der Waals surface area (Å²) in [6.07, 6.45) is 0. The van der Waals surface area contributed by atoms with E-state index in [-0.39, 0.29) is 5.91 Å². The second-order valence-corrected chi connectivity index (χ2v) is 5.73. The number of thiazole rings is 1. The first-order valence-electron chi connectivity index (χ1n) is 6.05. The van der Waals surface area contributed by atoms with Crippen molar-refractivity contribution in [2.45, 2.75) is 0 Å². The zero-order valence-corrected chi connectivity index (χ0v) is 12.3. The van der Waals surface area contributed by atoms with E-state index in [4.69, 9.17) is 11.6 Å². The van der Waals surface area contributed by atoms with Crippen molar-refractivity contribution >= 4 is 39.1 Å². The summed E-state index contributed by atoms with van der Waals surface area (Å²) >= 11 is 7.64. The van der Waals surface area contributed by atoms with E-state index in [1.54, 1.807) is 12.1 Å². The molecule has 0 aliphatic heterocycles. The van der Waals surface area contributed by atoms with Gasteiger partial charge in [0.05, 0.1) is 15.2 Å². The summed E-state index contributed by atoms with van der Waals surface area (Å²) in [5.41, 5.74) is 1.48. The van der Waals surface area contributed by atoms with Crippen LogP contribution < -0.4 is 4.80 Å². The fourth-order valence-electron chi connectivity index (χ4n) is 2.00. The number of aromatic nitrogens is 1. The Labute approximate surface area is 124 Å². The molecule has 0 unspecified atom stereocenters. The van der Waals surface area contributed by atoms with Crippen molar-refractivity contribution in [2.75, 3.05) is 0 Å². The number of amides is 1. The minimum atomic E-state index is -0.246. The number of hydrogen-bond acceptors (Lipinski definition) is 2. The van der Waals surface area contributed by atoms with Crippen molar-refractivity contribution in [2.24, 2.45) is 12.0 Å². The van der Waals surface area contributed by atoms with Gasteiger partial charge in [-0.15, -0.1) is 0 Å². The molecule has 100 valence electrons. The van der Waals surface area contributed by atoms with E-state index in [1.807, 2.05) is 48.0 Å². The van der Waals surface area contributed by atoms with E-state index in [0.717, 1.165) is 10.2 Å². The van der Waals surface area contributed by atoms with Gasteiger partial charge in [0.25, 0.3) is 5.91 Å². The third-order valence-corrected chi connectivity index (χ3v) is 4.39. The van der Waals surface area contributed by atoms with Gasteiger partial charge in [0, 0.05) is 12.6 Å². The lowest BCUT2D eigenvalue weighted by atomic mass is 10.2. The van der Waals surface area contributed by atoms with Gasteiger partial charge in [0.2, 0.25) is 0 Å². The van der Waals surface area contributed by atoms with Gasteiger partial charge in [-0.1, -0.05) is 47.2 Å². The third kappa shape index (κ3) is 2.28. The lowest BCUT2D eigenvalue weighted by molar-refractivity contribution is 0.0998. The Hall–Kier alpha value is -1.91. The van der Waals surface area contributed by atoms with Crippen LogP contribution in [0.4, 0.5) is 0 Å². The molecule has 0 aliphatic carbocycles. The average molecular weight is 303 g/mol. The molecule has 0 fully saturated rings. The fraction of sp³-hybridized carbons (Fsp3) is 0.0667. The van der Waals surface area contributed by atoms with Crippen LogP contribution in [0.3, 0.4) is 0 Å². The standard InChI is InChI=1S/C15H11ClN2OS/c1-18-13-11(16)8-5-9-12(13)20-15(18)17-14(19)10-6-3-2-4-7-10/h2-9H,1H3.